The smallest absolute Gasteiger partial charge is 0.337 e. The summed E-state index contributed by atoms with van der Waals surface area (Å²) in [7, 11) is 0. The zero-order valence-electron chi connectivity index (χ0n) is 9.95. The highest BCUT2D eigenvalue weighted by Gasteiger charge is 2.33. The second-order valence-electron chi connectivity index (χ2n) is 4.68. The maximum Gasteiger partial charge on any atom is 0.337 e. The minimum absolute atomic E-state index is 0.789. The zero-order chi connectivity index (χ0) is 12.4. The molecular formula is C14H9N4O+. The number of rotatable bonds is 0. The number of fused-ring (bicyclic) bond motifs is 7. The third-order valence-corrected chi connectivity index (χ3v) is 3.60. The van der Waals surface area contributed by atoms with Crippen LogP contribution in [0.25, 0.3) is 28.3 Å². The maximum atomic E-state index is 5.82. The second kappa shape index (κ2) is 3.00. The first-order valence-corrected chi connectivity index (χ1v) is 6.14. The highest BCUT2D eigenvalue weighted by atomic mass is 16.3. The SMILES string of the molecule is c1cnc2c(c1)-c1n3c(c[n+]1C2)oc1cccnc13. The zero-order valence-corrected chi connectivity index (χ0v) is 9.95. The first kappa shape index (κ1) is 9.27. The highest BCUT2D eigenvalue weighted by Crippen LogP contribution is 2.29. The van der Waals surface area contributed by atoms with Crippen molar-refractivity contribution in [1.29, 1.82) is 0 Å². The van der Waals surface area contributed by atoms with Gasteiger partial charge in [0.1, 0.15) is 6.54 Å². The van der Waals surface area contributed by atoms with Crippen molar-refractivity contribution in [1.82, 2.24) is 14.4 Å². The van der Waals surface area contributed by atoms with Crippen LogP contribution in [0, 0.1) is 0 Å². The third kappa shape index (κ3) is 1.03. The number of pyridine rings is 2. The summed E-state index contributed by atoms with van der Waals surface area (Å²) in [5.41, 5.74) is 4.72. The molecule has 5 rings (SSSR count). The van der Waals surface area contributed by atoms with Crippen LogP contribution < -0.4 is 4.57 Å². The number of nitrogens with zero attached hydrogens (tertiary/aromatic N) is 4. The topological polar surface area (TPSA) is 47.2 Å². The van der Waals surface area contributed by atoms with Crippen molar-refractivity contribution in [2.24, 2.45) is 0 Å². The molecule has 0 aliphatic carbocycles. The average Bonchev–Trinajstić information content (AvgIpc) is 3.04. The fraction of sp³-hybridized carbons (Fsp3) is 0.0714. The van der Waals surface area contributed by atoms with E-state index in [-0.39, 0.29) is 0 Å². The molecule has 0 fully saturated rings. The summed E-state index contributed by atoms with van der Waals surface area (Å²) in [6.07, 6.45) is 5.63. The summed E-state index contributed by atoms with van der Waals surface area (Å²) in [6.45, 7) is 0.789. The van der Waals surface area contributed by atoms with E-state index in [0.717, 1.165) is 40.6 Å². The van der Waals surface area contributed by atoms with Crippen LogP contribution in [0.1, 0.15) is 5.69 Å². The van der Waals surface area contributed by atoms with Gasteiger partial charge in [0.05, 0.1) is 11.3 Å². The molecule has 0 atom stereocenters. The lowest BCUT2D eigenvalue weighted by Gasteiger charge is -1.91. The second-order valence-corrected chi connectivity index (χ2v) is 4.68. The van der Waals surface area contributed by atoms with Gasteiger partial charge in [0.25, 0.3) is 5.65 Å². The maximum absolute atomic E-state index is 5.82. The Kier molecular flexibility index (Phi) is 1.46. The predicted octanol–water partition coefficient (Wildman–Crippen LogP) is 1.79. The van der Waals surface area contributed by atoms with E-state index in [0.29, 0.717) is 0 Å². The Hall–Kier alpha value is -2.69. The quantitative estimate of drug-likeness (QED) is 0.393. The van der Waals surface area contributed by atoms with Crippen molar-refractivity contribution in [3.8, 4) is 11.4 Å². The van der Waals surface area contributed by atoms with Crippen LogP contribution >= 0.6 is 0 Å². The van der Waals surface area contributed by atoms with Crippen LogP contribution in [0.4, 0.5) is 0 Å². The Bertz CT molecular complexity index is 951. The molecule has 0 saturated heterocycles. The molecule has 5 nitrogen and oxygen atoms in total. The molecule has 0 aromatic carbocycles. The molecule has 0 saturated carbocycles. The van der Waals surface area contributed by atoms with E-state index in [1.807, 2.05) is 30.6 Å². The molecule has 5 heterocycles. The summed E-state index contributed by atoms with van der Waals surface area (Å²) in [6, 6.07) is 7.87. The number of aromatic nitrogens is 4. The van der Waals surface area contributed by atoms with Gasteiger partial charge in [-0.05, 0) is 24.3 Å². The minimum Gasteiger partial charge on any atom is -0.414 e. The fourth-order valence-electron chi connectivity index (χ4n) is 2.83. The summed E-state index contributed by atoms with van der Waals surface area (Å²) >= 11 is 0. The van der Waals surface area contributed by atoms with E-state index in [1.54, 1.807) is 6.20 Å². The molecule has 0 spiro atoms. The summed E-state index contributed by atoms with van der Waals surface area (Å²) in [5, 5.41) is 0. The molecule has 0 amide bonds. The lowest BCUT2D eigenvalue weighted by atomic mass is 10.2. The largest absolute Gasteiger partial charge is 0.414 e. The monoisotopic (exact) mass is 249 g/mol. The Balaban J connectivity index is 2.00. The number of hydrogen-bond acceptors (Lipinski definition) is 3. The Morgan fingerprint density at radius 3 is 3.05 bits per heavy atom. The normalized spacial score (nSPS) is 13.1. The molecule has 4 aromatic heterocycles. The molecule has 0 radical (unpaired) electrons. The highest BCUT2D eigenvalue weighted by molar-refractivity contribution is 5.76. The predicted molar refractivity (Wildman–Crippen MR) is 67.5 cm³/mol. The van der Waals surface area contributed by atoms with Gasteiger partial charge in [0, 0.05) is 12.4 Å². The van der Waals surface area contributed by atoms with Crippen molar-refractivity contribution < 1.29 is 8.98 Å². The summed E-state index contributed by atoms with van der Waals surface area (Å²) in [5.74, 6) is 1.09. The number of oxazole rings is 1. The van der Waals surface area contributed by atoms with Crippen LogP contribution in [0.3, 0.4) is 0 Å². The van der Waals surface area contributed by atoms with Gasteiger partial charge in [0.15, 0.2) is 11.8 Å². The van der Waals surface area contributed by atoms with Crippen molar-refractivity contribution in [2.45, 2.75) is 6.54 Å². The Morgan fingerprint density at radius 2 is 2.05 bits per heavy atom. The van der Waals surface area contributed by atoms with Gasteiger partial charge in [0.2, 0.25) is 0 Å². The molecule has 0 N–H and O–H groups in total. The van der Waals surface area contributed by atoms with Gasteiger partial charge in [-0.3, -0.25) is 4.98 Å². The summed E-state index contributed by atoms with van der Waals surface area (Å²) < 4.78 is 10.0. The van der Waals surface area contributed by atoms with Crippen molar-refractivity contribution in [2.75, 3.05) is 0 Å². The standard InChI is InChI=1S/C14H9N4O/c1-3-9-10(15-5-1)7-17-8-12-18(14(9)17)13-11(19-12)4-2-6-16-13/h1-6,8H,7H2/q+1. The lowest BCUT2D eigenvalue weighted by Crippen LogP contribution is -2.29. The molecule has 0 unspecified atom stereocenters. The number of imidazole rings is 1. The van der Waals surface area contributed by atoms with Crippen LogP contribution in [0.5, 0.6) is 0 Å². The van der Waals surface area contributed by atoms with Gasteiger partial charge < -0.3 is 4.42 Å². The molecule has 4 aromatic rings. The van der Waals surface area contributed by atoms with E-state index in [2.05, 4.69) is 25.0 Å². The van der Waals surface area contributed by atoms with E-state index in [9.17, 15) is 0 Å². The van der Waals surface area contributed by atoms with E-state index >= 15 is 0 Å². The van der Waals surface area contributed by atoms with E-state index < -0.39 is 0 Å². The van der Waals surface area contributed by atoms with Gasteiger partial charge in [-0.2, -0.15) is 0 Å². The van der Waals surface area contributed by atoms with Crippen LogP contribution in [-0.2, 0) is 6.54 Å². The average molecular weight is 249 g/mol. The molecular weight excluding hydrogens is 240 g/mol. The Labute approximate surface area is 107 Å². The van der Waals surface area contributed by atoms with Gasteiger partial charge in [-0.15, -0.1) is 4.40 Å². The van der Waals surface area contributed by atoms with Gasteiger partial charge >= 0.3 is 11.5 Å². The van der Waals surface area contributed by atoms with Crippen molar-refractivity contribution in [3.63, 3.8) is 0 Å². The molecule has 0 bridgehead atoms. The molecule has 5 heteroatoms. The number of hydrogen-bond donors (Lipinski definition) is 0. The van der Waals surface area contributed by atoms with Crippen LogP contribution in [0.2, 0.25) is 0 Å². The first-order valence-electron chi connectivity index (χ1n) is 6.14. The van der Waals surface area contributed by atoms with Crippen LogP contribution in [0.15, 0.2) is 47.3 Å². The lowest BCUT2D eigenvalue weighted by molar-refractivity contribution is -0.670. The van der Waals surface area contributed by atoms with Crippen molar-refractivity contribution in [3.05, 3.63) is 48.5 Å². The van der Waals surface area contributed by atoms with E-state index in [4.69, 9.17) is 4.42 Å². The molecule has 1 aliphatic rings. The van der Waals surface area contributed by atoms with Crippen molar-refractivity contribution >= 4 is 16.9 Å². The molecule has 90 valence electrons. The molecule has 1 aliphatic heterocycles. The van der Waals surface area contributed by atoms with Gasteiger partial charge in [-0.25, -0.2) is 9.55 Å². The third-order valence-electron chi connectivity index (χ3n) is 3.60. The van der Waals surface area contributed by atoms with E-state index in [1.165, 1.54) is 0 Å². The van der Waals surface area contributed by atoms with Gasteiger partial charge in [-0.1, -0.05) is 0 Å². The summed E-state index contributed by atoms with van der Waals surface area (Å²) in [4.78, 5) is 8.86. The Morgan fingerprint density at radius 1 is 1.16 bits per heavy atom. The fourth-order valence-corrected chi connectivity index (χ4v) is 2.83. The minimum atomic E-state index is 0.789. The first-order chi connectivity index (χ1) is 9.42. The van der Waals surface area contributed by atoms with Crippen LogP contribution in [-0.4, -0.2) is 14.4 Å². The molecule has 19 heavy (non-hydrogen) atoms.